The molecule has 3 heterocycles. The number of hydrogen-bond acceptors (Lipinski definition) is 7. The molecule has 2 aromatic carbocycles. The second-order valence-corrected chi connectivity index (χ2v) is 8.49. The molecule has 1 aromatic heterocycles. The summed E-state index contributed by atoms with van der Waals surface area (Å²) in [7, 11) is 0. The van der Waals surface area contributed by atoms with Crippen LogP contribution in [-0.4, -0.2) is 33.4 Å². The second kappa shape index (κ2) is 7.93. The highest BCUT2D eigenvalue weighted by atomic mass is 19.4. The summed E-state index contributed by atoms with van der Waals surface area (Å²) in [5.41, 5.74) is 0.0281. The van der Waals surface area contributed by atoms with E-state index >= 15 is 0 Å². The molecule has 0 atom stereocenters. The molecule has 0 bridgehead atoms. The molecule has 0 radical (unpaired) electrons. The standard InChI is InChI=1S/C23H18F4N6O2/c1-22(2)20(34)32-16-9-12(5-6-17(16)35-22)29-19-14(24)10-28-21(33-19)30-13-4-3-11-7-18(23(25,26)27)31-15(11)8-13/h3-6,8-10H,7H2,1-2H3,(H,32,34)(H2,28,29,30,33). The molecule has 0 unspecified atom stereocenters. The van der Waals surface area contributed by atoms with Crippen LogP contribution in [0.5, 0.6) is 5.75 Å². The SMILES string of the molecule is CC1(C)Oc2ccc(Nc3nc(Nc4ccc5c(c4)N=C(C(F)(F)F)C5)ncc3F)cc2NC1=O. The van der Waals surface area contributed by atoms with Crippen molar-refractivity contribution in [2.24, 2.45) is 4.99 Å². The van der Waals surface area contributed by atoms with E-state index in [2.05, 4.69) is 30.9 Å². The van der Waals surface area contributed by atoms with Crippen LogP contribution in [0, 0.1) is 5.82 Å². The summed E-state index contributed by atoms with van der Waals surface area (Å²) in [5.74, 6) is -0.711. The fraction of sp³-hybridized carbons (Fsp3) is 0.217. The number of amides is 1. The number of aliphatic imine (C=N–C) groups is 1. The zero-order valence-corrected chi connectivity index (χ0v) is 18.4. The molecule has 8 nitrogen and oxygen atoms in total. The summed E-state index contributed by atoms with van der Waals surface area (Å²) in [6.45, 7) is 3.29. The topological polar surface area (TPSA) is 101 Å². The van der Waals surface area contributed by atoms with Crippen LogP contribution in [-0.2, 0) is 11.2 Å². The summed E-state index contributed by atoms with van der Waals surface area (Å²) < 4.78 is 58.9. The number of carbonyl (C=O) groups excluding carboxylic acids is 1. The predicted molar refractivity (Wildman–Crippen MR) is 122 cm³/mol. The number of anilines is 5. The summed E-state index contributed by atoms with van der Waals surface area (Å²) in [4.78, 5) is 23.8. The Morgan fingerprint density at radius 1 is 1.09 bits per heavy atom. The van der Waals surface area contributed by atoms with E-state index in [0.717, 1.165) is 6.20 Å². The molecule has 0 saturated heterocycles. The van der Waals surface area contributed by atoms with Crippen LogP contribution in [0.1, 0.15) is 19.4 Å². The van der Waals surface area contributed by atoms with Crippen LogP contribution in [0.15, 0.2) is 47.6 Å². The second-order valence-electron chi connectivity index (χ2n) is 8.49. The molecular formula is C23H18F4N6O2. The van der Waals surface area contributed by atoms with E-state index in [4.69, 9.17) is 4.74 Å². The Labute approximate surface area is 196 Å². The predicted octanol–water partition coefficient (Wildman–Crippen LogP) is 5.40. The molecule has 5 rings (SSSR count). The van der Waals surface area contributed by atoms with Crippen molar-refractivity contribution in [3.8, 4) is 5.75 Å². The lowest BCUT2D eigenvalue weighted by Crippen LogP contribution is -2.45. The van der Waals surface area contributed by atoms with Gasteiger partial charge in [-0.05, 0) is 49.7 Å². The molecule has 0 spiro atoms. The highest BCUT2D eigenvalue weighted by molar-refractivity contribution is 6.01. The number of hydrogen-bond donors (Lipinski definition) is 3. The number of alkyl halides is 3. The molecule has 3 aromatic rings. The normalized spacial score (nSPS) is 15.9. The van der Waals surface area contributed by atoms with Crippen LogP contribution in [0.25, 0.3) is 0 Å². The maximum atomic E-state index is 14.4. The van der Waals surface area contributed by atoms with Gasteiger partial charge in [0.15, 0.2) is 17.2 Å². The number of fused-ring (bicyclic) bond motifs is 2. The van der Waals surface area contributed by atoms with E-state index in [1.54, 1.807) is 38.1 Å². The average molecular weight is 486 g/mol. The monoisotopic (exact) mass is 486 g/mol. The quantitative estimate of drug-likeness (QED) is 0.427. The van der Waals surface area contributed by atoms with Crippen molar-refractivity contribution >= 4 is 46.1 Å². The van der Waals surface area contributed by atoms with Crippen molar-refractivity contribution < 1.29 is 27.1 Å². The van der Waals surface area contributed by atoms with Crippen molar-refractivity contribution in [2.45, 2.75) is 32.0 Å². The van der Waals surface area contributed by atoms with Crippen molar-refractivity contribution in [1.82, 2.24) is 9.97 Å². The fourth-order valence-corrected chi connectivity index (χ4v) is 3.59. The lowest BCUT2D eigenvalue weighted by atomic mass is 10.1. The van der Waals surface area contributed by atoms with E-state index in [-0.39, 0.29) is 29.8 Å². The number of carbonyl (C=O) groups is 1. The first-order valence-corrected chi connectivity index (χ1v) is 10.5. The van der Waals surface area contributed by atoms with Gasteiger partial charge in [-0.15, -0.1) is 0 Å². The number of rotatable bonds is 4. The number of nitrogens with zero attached hydrogens (tertiary/aromatic N) is 3. The third-order valence-electron chi connectivity index (χ3n) is 5.43. The van der Waals surface area contributed by atoms with Gasteiger partial charge >= 0.3 is 6.18 Å². The number of aromatic nitrogens is 2. The Morgan fingerprint density at radius 2 is 1.83 bits per heavy atom. The Kier molecular flexibility index (Phi) is 5.11. The summed E-state index contributed by atoms with van der Waals surface area (Å²) in [6.07, 6.45) is -3.82. The number of benzene rings is 2. The average Bonchev–Trinajstić information content (AvgIpc) is 3.21. The van der Waals surface area contributed by atoms with E-state index in [0.29, 0.717) is 28.4 Å². The molecule has 0 saturated carbocycles. The van der Waals surface area contributed by atoms with Crippen molar-refractivity contribution in [1.29, 1.82) is 0 Å². The van der Waals surface area contributed by atoms with Crippen LogP contribution >= 0.6 is 0 Å². The van der Waals surface area contributed by atoms with Crippen LogP contribution in [0.4, 0.5) is 52.1 Å². The van der Waals surface area contributed by atoms with Gasteiger partial charge in [-0.2, -0.15) is 18.2 Å². The highest BCUT2D eigenvalue weighted by Crippen LogP contribution is 2.37. The van der Waals surface area contributed by atoms with E-state index < -0.39 is 23.3 Å². The molecule has 1 amide bonds. The van der Waals surface area contributed by atoms with Crippen molar-refractivity contribution in [2.75, 3.05) is 16.0 Å². The largest absolute Gasteiger partial charge is 0.476 e. The van der Waals surface area contributed by atoms with E-state index in [9.17, 15) is 22.4 Å². The first-order valence-electron chi connectivity index (χ1n) is 10.5. The van der Waals surface area contributed by atoms with Gasteiger partial charge < -0.3 is 20.7 Å². The summed E-state index contributed by atoms with van der Waals surface area (Å²) in [6, 6.07) is 9.40. The zero-order valence-electron chi connectivity index (χ0n) is 18.4. The van der Waals surface area contributed by atoms with Gasteiger partial charge in [0.1, 0.15) is 11.5 Å². The number of halogens is 4. The minimum atomic E-state index is -4.49. The van der Waals surface area contributed by atoms with Crippen LogP contribution in [0.3, 0.4) is 0 Å². The third-order valence-corrected chi connectivity index (χ3v) is 5.43. The highest BCUT2D eigenvalue weighted by Gasteiger charge is 2.38. The Balaban J connectivity index is 1.35. The maximum absolute atomic E-state index is 14.4. The maximum Gasteiger partial charge on any atom is 0.429 e. The van der Waals surface area contributed by atoms with Crippen LogP contribution < -0.4 is 20.7 Å². The van der Waals surface area contributed by atoms with Gasteiger partial charge in [0.2, 0.25) is 5.95 Å². The van der Waals surface area contributed by atoms with Crippen LogP contribution in [0.2, 0.25) is 0 Å². The molecule has 3 N–H and O–H groups in total. The van der Waals surface area contributed by atoms with Gasteiger partial charge in [0.05, 0.1) is 17.6 Å². The fourth-order valence-electron chi connectivity index (χ4n) is 3.59. The number of nitrogens with one attached hydrogen (secondary N) is 3. The van der Waals surface area contributed by atoms with Crippen molar-refractivity contribution in [3.63, 3.8) is 0 Å². The molecule has 12 heteroatoms. The third kappa shape index (κ3) is 4.46. The summed E-state index contributed by atoms with van der Waals surface area (Å²) in [5, 5.41) is 8.42. The first-order chi connectivity index (χ1) is 16.5. The smallest absolute Gasteiger partial charge is 0.429 e. The zero-order chi connectivity index (χ0) is 25.0. The molecule has 0 aliphatic carbocycles. The molecule has 2 aliphatic heterocycles. The minimum absolute atomic E-state index is 0.0169. The first kappa shape index (κ1) is 22.6. The number of ether oxygens (including phenoxy) is 1. The molecule has 0 fully saturated rings. The minimum Gasteiger partial charge on any atom is -0.476 e. The van der Waals surface area contributed by atoms with E-state index in [1.807, 2.05) is 0 Å². The molecule has 180 valence electrons. The lowest BCUT2D eigenvalue weighted by molar-refractivity contribution is -0.129. The Morgan fingerprint density at radius 3 is 2.60 bits per heavy atom. The van der Waals surface area contributed by atoms with Crippen molar-refractivity contribution in [3.05, 3.63) is 54.0 Å². The van der Waals surface area contributed by atoms with Gasteiger partial charge in [-0.3, -0.25) is 4.79 Å². The Bertz CT molecular complexity index is 1390. The van der Waals surface area contributed by atoms with Gasteiger partial charge in [-0.1, -0.05) is 6.07 Å². The van der Waals surface area contributed by atoms with Gasteiger partial charge in [0, 0.05) is 17.8 Å². The summed E-state index contributed by atoms with van der Waals surface area (Å²) >= 11 is 0. The van der Waals surface area contributed by atoms with Gasteiger partial charge in [0.25, 0.3) is 5.91 Å². The molecule has 35 heavy (non-hydrogen) atoms. The van der Waals surface area contributed by atoms with E-state index in [1.165, 1.54) is 12.1 Å². The van der Waals surface area contributed by atoms with Gasteiger partial charge in [-0.25, -0.2) is 14.4 Å². The molecular weight excluding hydrogens is 468 g/mol. The lowest BCUT2D eigenvalue weighted by Gasteiger charge is -2.31. The molecule has 2 aliphatic rings. The Hall–Kier alpha value is -4.22.